The lowest BCUT2D eigenvalue weighted by Gasteiger charge is -2.19. The topological polar surface area (TPSA) is 40.5 Å². The molecule has 18 heavy (non-hydrogen) atoms. The monoisotopic (exact) mass is 245 g/mol. The molecule has 1 aliphatic carbocycles. The lowest BCUT2D eigenvalue weighted by atomic mass is 10.1. The van der Waals surface area contributed by atoms with E-state index in [1.807, 2.05) is 12.1 Å². The Labute approximate surface area is 108 Å². The summed E-state index contributed by atoms with van der Waals surface area (Å²) in [5.41, 5.74) is 2.19. The van der Waals surface area contributed by atoms with Crippen molar-refractivity contribution in [2.75, 3.05) is 6.54 Å². The predicted octanol–water partition coefficient (Wildman–Crippen LogP) is 2.77. The predicted molar refractivity (Wildman–Crippen MR) is 72.2 cm³/mol. The van der Waals surface area contributed by atoms with Gasteiger partial charge in [0, 0.05) is 18.7 Å². The van der Waals surface area contributed by atoms with Gasteiger partial charge in [-0.1, -0.05) is 31.2 Å². The summed E-state index contributed by atoms with van der Waals surface area (Å²) >= 11 is 0. The number of aliphatic carboxylic acids is 1. The zero-order valence-corrected chi connectivity index (χ0v) is 10.7. The molecule has 96 valence electrons. The fourth-order valence-electron chi connectivity index (χ4n) is 2.14. The van der Waals surface area contributed by atoms with Crippen molar-refractivity contribution >= 4 is 12.0 Å². The second-order valence-electron chi connectivity index (χ2n) is 4.71. The summed E-state index contributed by atoms with van der Waals surface area (Å²) in [7, 11) is 0. The van der Waals surface area contributed by atoms with Gasteiger partial charge in [-0.25, -0.2) is 4.79 Å². The Morgan fingerprint density at radius 1 is 1.50 bits per heavy atom. The Bertz CT molecular complexity index is 450. The first-order valence-corrected chi connectivity index (χ1v) is 6.43. The van der Waals surface area contributed by atoms with E-state index >= 15 is 0 Å². The third kappa shape index (κ3) is 3.70. The molecular formula is C15H19NO2. The number of hydrogen-bond donors (Lipinski definition) is 1. The van der Waals surface area contributed by atoms with Crippen LogP contribution in [0.2, 0.25) is 0 Å². The van der Waals surface area contributed by atoms with Gasteiger partial charge in [0.25, 0.3) is 0 Å². The molecule has 0 bridgehead atoms. The van der Waals surface area contributed by atoms with Gasteiger partial charge in [-0.05, 0) is 36.6 Å². The van der Waals surface area contributed by atoms with Gasteiger partial charge in [-0.2, -0.15) is 0 Å². The molecule has 3 heteroatoms. The first-order valence-electron chi connectivity index (χ1n) is 6.43. The lowest BCUT2D eigenvalue weighted by molar-refractivity contribution is -0.131. The minimum absolute atomic E-state index is 0.758. The van der Waals surface area contributed by atoms with Gasteiger partial charge >= 0.3 is 5.97 Å². The van der Waals surface area contributed by atoms with Gasteiger partial charge in [-0.15, -0.1) is 0 Å². The van der Waals surface area contributed by atoms with E-state index in [0.717, 1.165) is 24.7 Å². The Kier molecular flexibility index (Phi) is 4.15. The standard InChI is InChI=1S/C15H19NO2/c1-2-16(14-7-8-14)11-13-5-3-4-12(10-13)6-9-15(17)18/h3-6,9-10,14H,2,7-8,11H2,1H3,(H,17,18). The van der Waals surface area contributed by atoms with Crippen molar-refractivity contribution in [3.05, 3.63) is 41.5 Å². The third-order valence-electron chi connectivity index (χ3n) is 3.22. The Balaban J connectivity index is 2.04. The Morgan fingerprint density at radius 2 is 2.28 bits per heavy atom. The van der Waals surface area contributed by atoms with Gasteiger partial charge < -0.3 is 5.11 Å². The van der Waals surface area contributed by atoms with Gasteiger partial charge in [0.05, 0.1) is 0 Å². The molecule has 0 aliphatic heterocycles. The van der Waals surface area contributed by atoms with Crippen molar-refractivity contribution in [1.82, 2.24) is 4.90 Å². The number of carbonyl (C=O) groups is 1. The van der Waals surface area contributed by atoms with Crippen molar-refractivity contribution in [1.29, 1.82) is 0 Å². The summed E-state index contributed by atoms with van der Waals surface area (Å²) in [5, 5.41) is 8.61. The van der Waals surface area contributed by atoms with Crippen LogP contribution in [0.3, 0.4) is 0 Å². The SMILES string of the molecule is CCN(Cc1cccc(C=CC(=O)O)c1)C1CC1. The maximum Gasteiger partial charge on any atom is 0.328 e. The van der Waals surface area contributed by atoms with Crippen LogP contribution in [0.4, 0.5) is 0 Å². The highest BCUT2D eigenvalue weighted by Crippen LogP contribution is 2.28. The number of nitrogens with zero attached hydrogens (tertiary/aromatic N) is 1. The zero-order valence-electron chi connectivity index (χ0n) is 10.7. The molecule has 0 aromatic heterocycles. The van der Waals surface area contributed by atoms with Crippen molar-refractivity contribution in [2.45, 2.75) is 32.4 Å². The summed E-state index contributed by atoms with van der Waals surface area (Å²) in [4.78, 5) is 13.0. The normalized spacial score (nSPS) is 15.4. The van der Waals surface area contributed by atoms with E-state index in [-0.39, 0.29) is 0 Å². The summed E-state index contributed by atoms with van der Waals surface area (Å²) in [5.74, 6) is -0.909. The van der Waals surface area contributed by atoms with Crippen LogP contribution in [-0.2, 0) is 11.3 Å². The van der Waals surface area contributed by atoms with Crippen LogP contribution in [0, 0.1) is 0 Å². The van der Waals surface area contributed by atoms with Crippen LogP contribution in [0.25, 0.3) is 6.08 Å². The van der Waals surface area contributed by atoms with E-state index < -0.39 is 5.97 Å². The lowest BCUT2D eigenvalue weighted by Crippen LogP contribution is -2.24. The minimum atomic E-state index is -0.909. The molecule has 0 amide bonds. The summed E-state index contributed by atoms with van der Waals surface area (Å²) in [6, 6.07) is 8.83. The number of hydrogen-bond acceptors (Lipinski definition) is 2. The molecule has 3 nitrogen and oxygen atoms in total. The minimum Gasteiger partial charge on any atom is -0.478 e. The van der Waals surface area contributed by atoms with Gasteiger partial charge in [0.1, 0.15) is 0 Å². The van der Waals surface area contributed by atoms with Crippen molar-refractivity contribution in [3.8, 4) is 0 Å². The molecule has 1 aliphatic rings. The molecule has 1 N–H and O–H groups in total. The molecule has 1 aromatic carbocycles. The van der Waals surface area contributed by atoms with Crippen LogP contribution in [0.1, 0.15) is 30.9 Å². The fraction of sp³-hybridized carbons (Fsp3) is 0.400. The molecular weight excluding hydrogens is 226 g/mol. The summed E-state index contributed by atoms with van der Waals surface area (Å²) < 4.78 is 0. The maximum atomic E-state index is 10.5. The largest absolute Gasteiger partial charge is 0.478 e. The molecule has 0 unspecified atom stereocenters. The Hall–Kier alpha value is -1.61. The maximum absolute atomic E-state index is 10.5. The fourth-order valence-corrected chi connectivity index (χ4v) is 2.14. The Morgan fingerprint density at radius 3 is 2.89 bits per heavy atom. The van der Waals surface area contributed by atoms with Crippen molar-refractivity contribution in [3.63, 3.8) is 0 Å². The number of rotatable bonds is 6. The zero-order chi connectivity index (χ0) is 13.0. The molecule has 0 spiro atoms. The summed E-state index contributed by atoms with van der Waals surface area (Å²) in [6.07, 6.45) is 5.44. The van der Waals surface area contributed by atoms with Crippen molar-refractivity contribution < 1.29 is 9.90 Å². The number of carboxylic acids is 1. The molecule has 0 heterocycles. The highest BCUT2D eigenvalue weighted by atomic mass is 16.4. The highest BCUT2D eigenvalue weighted by Gasteiger charge is 2.27. The molecule has 1 saturated carbocycles. The number of carboxylic acid groups (broad SMARTS) is 1. The van der Waals surface area contributed by atoms with Crippen molar-refractivity contribution in [2.24, 2.45) is 0 Å². The quantitative estimate of drug-likeness (QED) is 0.783. The second kappa shape index (κ2) is 5.83. The van der Waals surface area contributed by atoms with Crippen LogP contribution in [0.5, 0.6) is 0 Å². The van der Waals surface area contributed by atoms with Crippen LogP contribution in [0.15, 0.2) is 30.3 Å². The average molecular weight is 245 g/mol. The molecule has 1 fully saturated rings. The summed E-state index contributed by atoms with van der Waals surface area (Å²) in [6.45, 7) is 4.21. The average Bonchev–Trinajstić information content (AvgIpc) is 3.18. The van der Waals surface area contributed by atoms with E-state index in [1.54, 1.807) is 6.08 Å². The van der Waals surface area contributed by atoms with E-state index in [1.165, 1.54) is 24.5 Å². The number of benzene rings is 1. The molecule has 0 atom stereocenters. The van der Waals surface area contributed by atoms with Gasteiger partial charge in [0.15, 0.2) is 0 Å². The van der Waals surface area contributed by atoms with E-state index in [2.05, 4.69) is 24.0 Å². The van der Waals surface area contributed by atoms with E-state index in [0.29, 0.717) is 0 Å². The van der Waals surface area contributed by atoms with Gasteiger partial charge in [-0.3, -0.25) is 4.90 Å². The molecule has 0 radical (unpaired) electrons. The molecule has 0 saturated heterocycles. The molecule has 2 rings (SSSR count). The third-order valence-corrected chi connectivity index (χ3v) is 3.22. The van der Waals surface area contributed by atoms with Gasteiger partial charge in [0.2, 0.25) is 0 Å². The van der Waals surface area contributed by atoms with Crippen LogP contribution in [-0.4, -0.2) is 28.6 Å². The van der Waals surface area contributed by atoms with Crippen LogP contribution >= 0.6 is 0 Å². The highest BCUT2D eigenvalue weighted by molar-refractivity contribution is 5.85. The smallest absolute Gasteiger partial charge is 0.328 e. The van der Waals surface area contributed by atoms with Crippen LogP contribution < -0.4 is 0 Å². The van der Waals surface area contributed by atoms with E-state index in [4.69, 9.17) is 5.11 Å². The first-order chi connectivity index (χ1) is 8.69. The second-order valence-corrected chi connectivity index (χ2v) is 4.71. The molecule has 1 aromatic rings. The van der Waals surface area contributed by atoms with E-state index in [9.17, 15) is 4.79 Å². The first kappa shape index (κ1) is 12.8.